The standard InChI is InChI=1S/C24H27N3O2/c28-23(13-12-20-16-19-10-4-5-11-21(19)26-24(20)29)25-17-22(27-14-6-7-15-27)18-8-2-1-3-9-18/h1-5,8-11,16,22H,6-7,12-15,17H2,(H,25,28)(H,26,29). The predicted octanol–water partition coefficient (Wildman–Crippen LogP) is 3.41. The Balaban J connectivity index is 1.37. The average molecular weight is 389 g/mol. The van der Waals surface area contributed by atoms with Crippen LogP contribution in [0.4, 0.5) is 0 Å². The number of para-hydroxylation sites is 1. The summed E-state index contributed by atoms with van der Waals surface area (Å²) < 4.78 is 0. The molecule has 1 aromatic heterocycles. The first-order valence-corrected chi connectivity index (χ1v) is 10.4. The van der Waals surface area contributed by atoms with E-state index in [2.05, 4.69) is 27.3 Å². The monoisotopic (exact) mass is 389 g/mol. The molecule has 0 radical (unpaired) electrons. The number of nitrogens with one attached hydrogen (secondary N) is 2. The topological polar surface area (TPSA) is 65.2 Å². The Bertz CT molecular complexity index is 1020. The second-order valence-corrected chi connectivity index (χ2v) is 7.68. The third-order valence-electron chi connectivity index (χ3n) is 5.71. The molecule has 3 aromatic rings. The smallest absolute Gasteiger partial charge is 0.251 e. The summed E-state index contributed by atoms with van der Waals surface area (Å²) in [6.07, 6.45) is 3.17. The van der Waals surface area contributed by atoms with Crippen molar-refractivity contribution >= 4 is 16.8 Å². The summed E-state index contributed by atoms with van der Waals surface area (Å²) in [6.45, 7) is 2.74. The summed E-state index contributed by atoms with van der Waals surface area (Å²) in [6, 6.07) is 20.2. The minimum Gasteiger partial charge on any atom is -0.354 e. The normalized spacial score (nSPS) is 15.4. The Hall–Kier alpha value is -2.92. The molecule has 0 saturated carbocycles. The number of hydrogen-bond donors (Lipinski definition) is 2. The fourth-order valence-electron chi connectivity index (χ4n) is 4.11. The molecule has 0 spiro atoms. The largest absolute Gasteiger partial charge is 0.354 e. The van der Waals surface area contributed by atoms with Gasteiger partial charge in [0.1, 0.15) is 0 Å². The van der Waals surface area contributed by atoms with Gasteiger partial charge < -0.3 is 10.3 Å². The number of carbonyl (C=O) groups is 1. The van der Waals surface area contributed by atoms with E-state index in [1.54, 1.807) is 0 Å². The highest BCUT2D eigenvalue weighted by molar-refractivity contribution is 5.79. The van der Waals surface area contributed by atoms with Crippen LogP contribution in [-0.4, -0.2) is 35.4 Å². The third-order valence-corrected chi connectivity index (χ3v) is 5.71. The molecular formula is C24H27N3O2. The number of rotatable bonds is 7. The number of carbonyl (C=O) groups excluding carboxylic acids is 1. The lowest BCUT2D eigenvalue weighted by Crippen LogP contribution is -2.37. The highest BCUT2D eigenvalue weighted by Gasteiger charge is 2.23. The highest BCUT2D eigenvalue weighted by Crippen LogP contribution is 2.24. The maximum atomic E-state index is 12.5. The van der Waals surface area contributed by atoms with Gasteiger partial charge in [0, 0.05) is 24.0 Å². The summed E-state index contributed by atoms with van der Waals surface area (Å²) in [4.78, 5) is 30.1. The average Bonchev–Trinajstić information content (AvgIpc) is 3.28. The first kappa shape index (κ1) is 19.4. The number of likely N-dealkylation sites (tertiary alicyclic amines) is 1. The number of nitrogens with zero attached hydrogens (tertiary/aromatic N) is 1. The van der Waals surface area contributed by atoms with Crippen LogP contribution in [0.25, 0.3) is 10.9 Å². The second kappa shape index (κ2) is 9.05. The van der Waals surface area contributed by atoms with Crippen molar-refractivity contribution in [1.29, 1.82) is 0 Å². The van der Waals surface area contributed by atoms with E-state index in [0.717, 1.165) is 24.0 Å². The van der Waals surface area contributed by atoms with Crippen LogP contribution in [0.3, 0.4) is 0 Å². The SMILES string of the molecule is O=C(CCc1cc2ccccc2[nH]c1=O)NCC(c1ccccc1)N1CCCC1. The molecule has 1 aliphatic heterocycles. The van der Waals surface area contributed by atoms with Gasteiger partial charge in [-0.1, -0.05) is 48.5 Å². The summed E-state index contributed by atoms with van der Waals surface area (Å²) in [5.74, 6) is -0.0160. The van der Waals surface area contributed by atoms with Gasteiger partial charge in [0.25, 0.3) is 5.56 Å². The zero-order valence-electron chi connectivity index (χ0n) is 16.6. The number of H-pyrrole nitrogens is 1. The number of aromatic amines is 1. The molecule has 1 atom stereocenters. The number of fused-ring (bicyclic) bond motifs is 1. The van der Waals surface area contributed by atoms with E-state index in [-0.39, 0.29) is 17.5 Å². The van der Waals surface area contributed by atoms with Gasteiger partial charge in [-0.2, -0.15) is 0 Å². The Morgan fingerprint density at radius 2 is 1.76 bits per heavy atom. The van der Waals surface area contributed by atoms with Crippen molar-refractivity contribution in [3.8, 4) is 0 Å². The second-order valence-electron chi connectivity index (χ2n) is 7.68. The van der Waals surface area contributed by atoms with Gasteiger partial charge in [0.05, 0.1) is 6.04 Å². The zero-order valence-corrected chi connectivity index (χ0v) is 16.6. The van der Waals surface area contributed by atoms with Crippen LogP contribution in [0.1, 0.15) is 36.4 Å². The minimum atomic E-state index is -0.115. The summed E-state index contributed by atoms with van der Waals surface area (Å²) >= 11 is 0. The Morgan fingerprint density at radius 1 is 1.03 bits per heavy atom. The molecule has 2 heterocycles. The molecule has 150 valence electrons. The van der Waals surface area contributed by atoms with Gasteiger partial charge in [-0.3, -0.25) is 14.5 Å². The molecule has 1 amide bonds. The van der Waals surface area contributed by atoms with Gasteiger partial charge in [0.2, 0.25) is 5.91 Å². The molecule has 29 heavy (non-hydrogen) atoms. The number of pyridine rings is 1. The quantitative estimate of drug-likeness (QED) is 0.651. The number of aromatic nitrogens is 1. The van der Waals surface area contributed by atoms with Crippen LogP contribution in [0.2, 0.25) is 0 Å². The van der Waals surface area contributed by atoms with E-state index < -0.39 is 0 Å². The Morgan fingerprint density at radius 3 is 2.55 bits per heavy atom. The first-order valence-electron chi connectivity index (χ1n) is 10.4. The van der Waals surface area contributed by atoms with Gasteiger partial charge in [0.15, 0.2) is 0 Å². The maximum Gasteiger partial charge on any atom is 0.251 e. The van der Waals surface area contributed by atoms with Crippen molar-refractivity contribution in [1.82, 2.24) is 15.2 Å². The minimum absolute atomic E-state index is 0.0160. The van der Waals surface area contributed by atoms with Crippen molar-refractivity contribution in [3.05, 3.63) is 82.1 Å². The Kier molecular flexibility index (Phi) is 6.06. The van der Waals surface area contributed by atoms with Gasteiger partial charge in [-0.25, -0.2) is 0 Å². The number of amides is 1. The lowest BCUT2D eigenvalue weighted by molar-refractivity contribution is -0.121. The van der Waals surface area contributed by atoms with Crippen LogP contribution in [-0.2, 0) is 11.2 Å². The van der Waals surface area contributed by atoms with E-state index >= 15 is 0 Å². The fraction of sp³-hybridized carbons (Fsp3) is 0.333. The van der Waals surface area contributed by atoms with Gasteiger partial charge in [-0.05, 0) is 55.4 Å². The number of aryl methyl sites for hydroxylation is 1. The molecule has 1 unspecified atom stereocenters. The molecule has 2 N–H and O–H groups in total. The molecule has 1 fully saturated rings. The van der Waals surface area contributed by atoms with E-state index in [1.165, 1.54) is 18.4 Å². The highest BCUT2D eigenvalue weighted by atomic mass is 16.1. The van der Waals surface area contributed by atoms with Gasteiger partial charge >= 0.3 is 0 Å². The third kappa shape index (κ3) is 4.74. The van der Waals surface area contributed by atoms with Gasteiger partial charge in [-0.15, -0.1) is 0 Å². The fourth-order valence-corrected chi connectivity index (χ4v) is 4.11. The summed E-state index contributed by atoms with van der Waals surface area (Å²) in [5.41, 5.74) is 2.59. The van der Waals surface area contributed by atoms with E-state index in [9.17, 15) is 9.59 Å². The molecule has 0 aliphatic carbocycles. The van der Waals surface area contributed by atoms with Crippen LogP contribution in [0.15, 0.2) is 65.5 Å². The van der Waals surface area contributed by atoms with E-state index in [0.29, 0.717) is 24.9 Å². The molecule has 4 rings (SSSR count). The van der Waals surface area contributed by atoms with Crippen molar-refractivity contribution in [2.45, 2.75) is 31.7 Å². The summed E-state index contributed by atoms with van der Waals surface area (Å²) in [7, 11) is 0. The maximum absolute atomic E-state index is 12.5. The lowest BCUT2D eigenvalue weighted by atomic mass is 10.1. The molecule has 0 bridgehead atoms. The van der Waals surface area contributed by atoms with Crippen molar-refractivity contribution in [2.24, 2.45) is 0 Å². The van der Waals surface area contributed by atoms with E-state index in [1.807, 2.05) is 48.5 Å². The molecular weight excluding hydrogens is 362 g/mol. The van der Waals surface area contributed by atoms with Crippen LogP contribution in [0.5, 0.6) is 0 Å². The van der Waals surface area contributed by atoms with E-state index in [4.69, 9.17) is 0 Å². The first-order chi connectivity index (χ1) is 14.2. The number of benzene rings is 2. The molecule has 1 saturated heterocycles. The van der Waals surface area contributed by atoms with Crippen molar-refractivity contribution in [3.63, 3.8) is 0 Å². The molecule has 2 aromatic carbocycles. The van der Waals surface area contributed by atoms with Crippen molar-refractivity contribution in [2.75, 3.05) is 19.6 Å². The van der Waals surface area contributed by atoms with Crippen LogP contribution in [0, 0.1) is 0 Å². The summed E-state index contributed by atoms with van der Waals surface area (Å²) in [5, 5.41) is 4.08. The van der Waals surface area contributed by atoms with Crippen LogP contribution < -0.4 is 10.9 Å². The molecule has 5 nitrogen and oxygen atoms in total. The lowest BCUT2D eigenvalue weighted by Gasteiger charge is -2.28. The van der Waals surface area contributed by atoms with Crippen molar-refractivity contribution < 1.29 is 4.79 Å². The Labute approximate surface area is 170 Å². The van der Waals surface area contributed by atoms with Crippen LogP contribution >= 0.6 is 0 Å². The zero-order chi connectivity index (χ0) is 20.1. The molecule has 1 aliphatic rings. The number of hydrogen-bond acceptors (Lipinski definition) is 3. The molecule has 5 heteroatoms. The predicted molar refractivity (Wildman–Crippen MR) is 116 cm³/mol.